The number of hydrogen-bond acceptors (Lipinski definition) is 6. The summed E-state index contributed by atoms with van der Waals surface area (Å²) in [4.78, 5) is 40.0. The Kier molecular flexibility index (Phi) is 7.65. The molecule has 164 valence electrons. The van der Waals surface area contributed by atoms with Gasteiger partial charge in [-0.1, -0.05) is 19.8 Å². The van der Waals surface area contributed by atoms with Crippen LogP contribution < -0.4 is 4.90 Å². The Morgan fingerprint density at radius 1 is 1.10 bits per heavy atom. The van der Waals surface area contributed by atoms with Gasteiger partial charge in [0.05, 0.1) is 10.5 Å². The van der Waals surface area contributed by atoms with Crippen LogP contribution in [0.15, 0.2) is 18.2 Å². The summed E-state index contributed by atoms with van der Waals surface area (Å²) < 4.78 is 5.21. The van der Waals surface area contributed by atoms with Gasteiger partial charge in [-0.3, -0.25) is 14.9 Å². The molecule has 8 heteroatoms. The number of carbonyl (C=O) groups is 2. The Labute approximate surface area is 177 Å². The first-order chi connectivity index (χ1) is 14.5. The second kappa shape index (κ2) is 10.4. The molecule has 1 atom stereocenters. The third kappa shape index (κ3) is 5.29. The Morgan fingerprint density at radius 2 is 1.80 bits per heavy atom. The van der Waals surface area contributed by atoms with E-state index in [2.05, 4.69) is 0 Å². The summed E-state index contributed by atoms with van der Waals surface area (Å²) in [5.41, 5.74) is 0.534. The summed E-state index contributed by atoms with van der Waals surface area (Å²) in [6, 6.07) is 4.64. The minimum Gasteiger partial charge on any atom is -0.452 e. The molecule has 1 aromatic carbocycles. The van der Waals surface area contributed by atoms with Crippen molar-refractivity contribution in [2.24, 2.45) is 0 Å². The normalized spacial score (nSPS) is 19.8. The zero-order valence-electron chi connectivity index (χ0n) is 17.7. The molecule has 2 saturated heterocycles. The van der Waals surface area contributed by atoms with Crippen LogP contribution in [0.25, 0.3) is 0 Å². The number of piperidine rings is 1. The molecule has 0 N–H and O–H groups in total. The Balaban J connectivity index is 1.67. The van der Waals surface area contributed by atoms with E-state index >= 15 is 0 Å². The van der Waals surface area contributed by atoms with E-state index in [-0.39, 0.29) is 29.8 Å². The van der Waals surface area contributed by atoms with Crippen LogP contribution in [0.5, 0.6) is 0 Å². The number of nitro benzene ring substituents is 1. The molecular weight excluding hydrogens is 386 g/mol. The second-order valence-electron chi connectivity index (χ2n) is 8.08. The maximum absolute atomic E-state index is 12.5. The minimum atomic E-state index is -0.709. The fourth-order valence-electron chi connectivity index (χ4n) is 4.42. The van der Waals surface area contributed by atoms with Crippen molar-refractivity contribution in [3.63, 3.8) is 0 Å². The van der Waals surface area contributed by atoms with Crippen molar-refractivity contribution in [3.05, 3.63) is 33.9 Å². The molecule has 2 heterocycles. The van der Waals surface area contributed by atoms with E-state index < -0.39 is 10.9 Å². The molecule has 0 saturated carbocycles. The lowest BCUT2D eigenvalue weighted by atomic mass is 10.00. The lowest BCUT2D eigenvalue weighted by molar-refractivity contribution is -0.384. The molecule has 0 bridgehead atoms. The molecule has 0 spiro atoms. The third-order valence-corrected chi connectivity index (χ3v) is 6.10. The topological polar surface area (TPSA) is 93.0 Å². The summed E-state index contributed by atoms with van der Waals surface area (Å²) >= 11 is 0. The summed E-state index contributed by atoms with van der Waals surface area (Å²) in [6.07, 6.45) is 8.16. The molecule has 2 fully saturated rings. The van der Waals surface area contributed by atoms with Crippen LogP contribution in [-0.2, 0) is 9.53 Å². The van der Waals surface area contributed by atoms with Gasteiger partial charge in [0.25, 0.3) is 11.6 Å². The summed E-state index contributed by atoms with van der Waals surface area (Å²) in [7, 11) is 0. The van der Waals surface area contributed by atoms with Crippen LogP contribution in [0.1, 0.15) is 68.6 Å². The van der Waals surface area contributed by atoms with Crippen molar-refractivity contribution >= 4 is 23.3 Å². The van der Waals surface area contributed by atoms with Gasteiger partial charge in [0.1, 0.15) is 5.69 Å². The van der Waals surface area contributed by atoms with E-state index in [0.29, 0.717) is 12.2 Å². The van der Waals surface area contributed by atoms with Gasteiger partial charge in [-0.2, -0.15) is 0 Å². The maximum atomic E-state index is 12.5. The highest BCUT2D eigenvalue weighted by Crippen LogP contribution is 2.31. The van der Waals surface area contributed by atoms with E-state index in [1.165, 1.54) is 6.07 Å². The highest BCUT2D eigenvalue weighted by molar-refractivity contribution is 5.93. The van der Waals surface area contributed by atoms with Gasteiger partial charge in [-0.25, -0.2) is 4.79 Å². The second-order valence-corrected chi connectivity index (χ2v) is 8.08. The first kappa shape index (κ1) is 22.1. The molecule has 1 amide bonds. The predicted octanol–water partition coefficient (Wildman–Crippen LogP) is 3.92. The molecule has 8 nitrogen and oxygen atoms in total. The molecule has 1 aromatic rings. The number of likely N-dealkylation sites (tertiary alicyclic amines) is 1. The number of esters is 1. The standard InChI is InChI=1S/C22H31N3O5/c1-2-18-9-5-8-14-24(18)21(26)16-30-22(27)17-10-11-19(20(15-17)25(28)29)23-12-6-3-4-7-13-23/h10-11,15,18H,2-9,12-14,16H2,1H3/t18-/m1/s1. The van der Waals surface area contributed by atoms with Crippen LogP contribution in [0, 0.1) is 10.1 Å². The van der Waals surface area contributed by atoms with Crippen molar-refractivity contribution in [2.45, 2.75) is 64.3 Å². The highest BCUT2D eigenvalue weighted by atomic mass is 16.6. The fourth-order valence-corrected chi connectivity index (χ4v) is 4.42. The Morgan fingerprint density at radius 3 is 2.47 bits per heavy atom. The summed E-state index contributed by atoms with van der Waals surface area (Å²) in [5.74, 6) is -0.912. The zero-order chi connectivity index (χ0) is 21.5. The molecule has 0 aliphatic carbocycles. The molecule has 2 aliphatic rings. The number of nitro groups is 1. The van der Waals surface area contributed by atoms with E-state index in [9.17, 15) is 19.7 Å². The summed E-state index contributed by atoms with van der Waals surface area (Å²) in [6.45, 7) is 3.94. The molecular formula is C22H31N3O5. The van der Waals surface area contributed by atoms with Crippen molar-refractivity contribution in [1.29, 1.82) is 0 Å². The number of anilines is 1. The van der Waals surface area contributed by atoms with Gasteiger partial charge >= 0.3 is 5.97 Å². The lowest BCUT2D eigenvalue weighted by Crippen LogP contribution is -2.45. The van der Waals surface area contributed by atoms with Gasteiger partial charge in [0.2, 0.25) is 0 Å². The number of hydrogen-bond donors (Lipinski definition) is 0. The van der Waals surface area contributed by atoms with Crippen LogP contribution >= 0.6 is 0 Å². The largest absolute Gasteiger partial charge is 0.452 e. The van der Waals surface area contributed by atoms with E-state index in [4.69, 9.17) is 4.74 Å². The number of carbonyl (C=O) groups excluding carboxylic acids is 2. The molecule has 0 unspecified atom stereocenters. The maximum Gasteiger partial charge on any atom is 0.338 e. The number of nitrogens with zero attached hydrogens (tertiary/aromatic N) is 3. The Bertz CT molecular complexity index is 774. The van der Waals surface area contributed by atoms with E-state index in [1.807, 2.05) is 11.8 Å². The van der Waals surface area contributed by atoms with Crippen LogP contribution in [0.4, 0.5) is 11.4 Å². The van der Waals surface area contributed by atoms with E-state index in [0.717, 1.165) is 64.5 Å². The first-order valence-electron chi connectivity index (χ1n) is 11.0. The van der Waals surface area contributed by atoms with Crippen LogP contribution in [0.2, 0.25) is 0 Å². The van der Waals surface area contributed by atoms with Crippen molar-refractivity contribution in [1.82, 2.24) is 4.90 Å². The van der Waals surface area contributed by atoms with Crippen LogP contribution in [-0.4, -0.2) is 54.0 Å². The predicted molar refractivity (Wildman–Crippen MR) is 114 cm³/mol. The molecule has 3 rings (SSSR count). The van der Waals surface area contributed by atoms with Gasteiger partial charge in [-0.15, -0.1) is 0 Å². The summed E-state index contributed by atoms with van der Waals surface area (Å²) in [5, 5.41) is 11.6. The smallest absolute Gasteiger partial charge is 0.338 e. The van der Waals surface area contributed by atoms with Gasteiger partial charge < -0.3 is 14.5 Å². The highest BCUT2D eigenvalue weighted by Gasteiger charge is 2.27. The fraction of sp³-hybridized carbons (Fsp3) is 0.636. The van der Waals surface area contributed by atoms with Crippen molar-refractivity contribution in [2.75, 3.05) is 31.1 Å². The van der Waals surface area contributed by atoms with Gasteiger partial charge in [-0.05, 0) is 50.7 Å². The zero-order valence-corrected chi connectivity index (χ0v) is 17.7. The molecule has 2 aliphatic heterocycles. The average Bonchev–Trinajstić information content (AvgIpc) is 3.06. The monoisotopic (exact) mass is 417 g/mol. The quantitative estimate of drug-likeness (QED) is 0.396. The van der Waals surface area contributed by atoms with Crippen LogP contribution in [0.3, 0.4) is 0 Å². The molecule has 0 radical (unpaired) electrons. The lowest BCUT2D eigenvalue weighted by Gasteiger charge is -2.35. The minimum absolute atomic E-state index is 0.0961. The van der Waals surface area contributed by atoms with Gasteiger partial charge in [0.15, 0.2) is 6.61 Å². The number of ether oxygens (including phenoxy) is 1. The van der Waals surface area contributed by atoms with Gasteiger partial charge in [0, 0.05) is 31.7 Å². The number of benzene rings is 1. The first-order valence-corrected chi connectivity index (χ1v) is 11.0. The Hall–Kier alpha value is -2.64. The average molecular weight is 418 g/mol. The number of amides is 1. The molecule has 0 aromatic heterocycles. The van der Waals surface area contributed by atoms with Crippen molar-refractivity contribution in [3.8, 4) is 0 Å². The van der Waals surface area contributed by atoms with E-state index in [1.54, 1.807) is 17.0 Å². The third-order valence-electron chi connectivity index (χ3n) is 6.10. The molecule has 30 heavy (non-hydrogen) atoms. The SMILES string of the molecule is CC[C@@H]1CCCCN1C(=O)COC(=O)c1ccc(N2CCCCCC2)c([N+](=O)[O-])c1. The van der Waals surface area contributed by atoms with Crippen molar-refractivity contribution < 1.29 is 19.2 Å². The number of rotatable bonds is 6.